The van der Waals surface area contributed by atoms with Gasteiger partial charge in [-0.25, -0.2) is 0 Å². The predicted molar refractivity (Wildman–Crippen MR) is 124 cm³/mol. The lowest BCUT2D eigenvalue weighted by atomic mass is 9.82. The van der Waals surface area contributed by atoms with Crippen LogP contribution < -0.4 is 10.1 Å². The number of nitrogens with one attached hydrogen (secondary N) is 1. The second kappa shape index (κ2) is 9.27. The van der Waals surface area contributed by atoms with Crippen LogP contribution in [0.5, 0.6) is 5.75 Å². The van der Waals surface area contributed by atoms with Crippen molar-refractivity contribution in [3.05, 3.63) is 101 Å². The van der Waals surface area contributed by atoms with Gasteiger partial charge in [0.05, 0.1) is 6.61 Å². The highest BCUT2D eigenvalue weighted by Crippen LogP contribution is 2.33. The maximum absolute atomic E-state index is 13.5. The Balaban J connectivity index is 1.62. The minimum Gasteiger partial charge on any atom is -0.494 e. The van der Waals surface area contributed by atoms with Crippen molar-refractivity contribution in [2.24, 2.45) is 0 Å². The predicted octanol–water partition coefficient (Wildman–Crippen LogP) is 4.36. The van der Waals surface area contributed by atoms with Crippen LogP contribution in [0.2, 0.25) is 0 Å². The molecule has 164 valence electrons. The maximum atomic E-state index is 13.5. The molecule has 1 aliphatic heterocycles. The molecule has 5 nitrogen and oxygen atoms in total. The van der Waals surface area contributed by atoms with Crippen molar-refractivity contribution in [2.75, 3.05) is 6.61 Å². The summed E-state index contributed by atoms with van der Waals surface area (Å²) in [5, 5.41) is 3.05. The molecule has 3 aromatic carbocycles. The molecule has 0 aliphatic carbocycles. The summed E-state index contributed by atoms with van der Waals surface area (Å²) in [6.45, 7) is 5.16. The molecule has 0 bridgehead atoms. The molecule has 0 fully saturated rings. The third-order valence-corrected chi connectivity index (χ3v) is 5.98. The number of hydrogen-bond donors (Lipinski definition) is 1. The number of rotatable bonds is 7. The minimum absolute atomic E-state index is 0.127. The van der Waals surface area contributed by atoms with E-state index in [4.69, 9.17) is 4.74 Å². The van der Waals surface area contributed by atoms with E-state index in [1.54, 1.807) is 4.90 Å². The van der Waals surface area contributed by atoms with Crippen LogP contribution in [-0.4, -0.2) is 28.9 Å². The molecule has 4 rings (SSSR count). The quantitative estimate of drug-likeness (QED) is 0.608. The summed E-state index contributed by atoms with van der Waals surface area (Å²) < 4.78 is 5.53. The summed E-state index contributed by atoms with van der Waals surface area (Å²) >= 11 is 0. The number of benzene rings is 3. The lowest BCUT2D eigenvalue weighted by Crippen LogP contribution is -2.62. The van der Waals surface area contributed by atoms with E-state index in [0.717, 1.165) is 22.4 Å². The number of nitrogens with zero attached hydrogens (tertiary/aromatic N) is 1. The van der Waals surface area contributed by atoms with Crippen LogP contribution in [0.15, 0.2) is 78.9 Å². The molecule has 0 saturated heterocycles. The molecule has 3 aromatic rings. The standard InChI is InChI=1S/C27H28N2O3/c1-3-32-23-15-13-21(14-16-23)19-29-25(30)24-12-8-7-11-22(24)17-27(29,2)26(31)28-18-20-9-5-4-6-10-20/h4-16H,3,17-19H2,1-2H3,(H,28,31)/t27-/m1/s1. The summed E-state index contributed by atoms with van der Waals surface area (Å²) in [6.07, 6.45) is 0.465. The van der Waals surface area contributed by atoms with Crippen LogP contribution in [0.3, 0.4) is 0 Å². The molecule has 32 heavy (non-hydrogen) atoms. The third-order valence-electron chi connectivity index (χ3n) is 5.98. The molecule has 0 spiro atoms. The normalized spacial score (nSPS) is 17.6. The van der Waals surface area contributed by atoms with Crippen molar-refractivity contribution < 1.29 is 14.3 Å². The Morgan fingerprint density at radius 1 is 0.969 bits per heavy atom. The van der Waals surface area contributed by atoms with Gasteiger partial charge in [0.25, 0.3) is 5.91 Å². The molecule has 1 N–H and O–H groups in total. The lowest BCUT2D eigenvalue weighted by molar-refractivity contribution is -0.132. The SMILES string of the molecule is CCOc1ccc(CN2C(=O)c3ccccc3C[C@]2(C)C(=O)NCc2ccccc2)cc1. The van der Waals surface area contributed by atoms with Gasteiger partial charge in [-0.1, -0.05) is 60.7 Å². The van der Waals surface area contributed by atoms with Gasteiger partial charge in [-0.3, -0.25) is 9.59 Å². The molecule has 0 unspecified atom stereocenters. The molecular weight excluding hydrogens is 400 g/mol. The first-order valence-electron chi connectivity index (χ1n) is 10.9. The van der Waals surface area contributed by atoms with Gasteiger partial charge in [0, 0.05) is 25.1 Å². The van der Waals surface area contributed by atoms with Crippen molar-refractivity contribution >= 4 is 11.8 Å². The Bertz CT molecular complexity index is 1100. The first-order chi connectivity index (χ1) is 15.5. The van der Waals surface area contributed by atoms with Crippen molar-refractivity contribution in [2.45, 2.75) is 38.9 Å². The zero-order valence-corrected chi connectivity index (χ0v) is 18.5. The van der Waals surface area contributed by atoms with Crippen molar-refractivity contribution in [1.29, 1.82) is 0 Å². The van der Waals surface area contributed by atoms with Crippen molar-refractivity contribution in [1.82, 2.24) is 10.2 Å². The lowest BCUT2D eigenvalue weighted by Gasteiger charge is -2.44. The number of hydrogen-bond acceptors (Lipinski definition) is 3. The van der Waals surface area contributed by atoms with Gasteiger partial charge in [-0.2, -0.15) is 0 Å². The van der Waals surface area contributed by atoms with Crippen LogP contribution in [0.25, 0.3) is 0 Å². The van der Waals surface area contributed by atoms with Crippen LogP contribution in [0, 0.1) is 0 Å². The summed E-state index contributed by atoms with van der Waals surface area (Å²) in [4.78, 5) is 28.7. The molecule has 1 atom stereocenters. The van der Waals surface area contributed by atoms with E-state index in [9.17, 15) is 9.59 Å². The van der Waals surface area contributed by atoms with Gasteiger partial charge >= 0.3 is 0 Å². The number of amides is 2. The number of ether oxygens (including phenoxy) is 1. The van der Waals surface area contributed by atoms with E-state index in [1.807, 2.05) is 92.7 Å². The van der Waals surface area contributed by atoms with Crippen LogP contribution in [0.1, 0.15) is 40.9 Å². The third kappa shape index (κ3) is 4.37. The monoisotopic (exact) mass is 428 g/mol. The molecule has 2 amide bonds. The Kier molecular flexibility index (Phi) is 6.26. The van der Waals surface area contributed by atoms with Gasteiger partial charge in [-0.05, 0) is 48.7 Å². The molecule has 0 aromatic heterocycles. The molecule has 1 aliphatic rings. The van der Waals surface area contributed by atoms with E-state index in [0.29, 0.717) is 31.7 Å². The fourth-order valence-electron chi connectivity index (χ4n) is 4.18. The molecule has 5 heteroatoms. The van der Waals surface area contributed by atoms with Crippen LogP contribution >= 0.6 is 0 Å². The van der Waals surface area contributed by atoms with Gasteiger partial charge in [-0.15, -0.1) is 0 Å². The first-order valence-corrected chi connectivity index (χ1v) is 10.9. The molecular formula is C27H28N2O3. The summed E-state index contributed by atoms with van der Waals surface area (Å²) in [5.41, 5.74) is 2.52. The highest BCUT2D eigenvalue weighted by Gasteiger charge is 2.46. The summed E-state index contributed by atoms with van der Waals surface area (Å²) in [7, 11) is 0. The smallest absolute Gasteiger partial charge is 0.255 e. The largest absolute Gasteiger partial charge is 0.494 e. The summed E-state index contributed by atoms with van der Waals surface area (Å²) in [5.74, 6) is 0.503. The number of carbonyl (C=O) groups excluding carboxylic acids is 2. The van der Waals surface area contributed by atoms with Gasteiger partial charge in [0.1, 0.15) is 11.3 Å². The molecule has 0 saturated carbocycles. The van der Waals surface area contributed by atoms with Crippen molar-refractivity contribution in [3.8, 4) is 5.75 Å². The van der Waals surface area contributed by atoms with Crippen LogP contribution in [0.4, 0.5) is 0 Å². The highest BCUT2D eigenvalue weighted by atomic mass is 16.5. The number of carbonyl (C=O) groups is 2. The van der Waals surface area contributed by atoms with E-state index in [1.165, 1.54) is 0 Å². The maximum Gasteiger partial charge on any atom is 0.255 e. The van der Waals surface area contributed by atoms with E-state index in [2.05, 4.69) is 5.32 Å². The number of fused-ring (bicyclic) bond motifs is 1. The minimum atomic E-state index is -1.00. The average molecular weight is 429 g/mol. The fourth-order valence-corrected chi connectivity index (χ4v) is 4.18. The Labute approximate surface area is 189 Å². The first kappa shape index (κ1) is 21.6. The van der Waals surface area contributed by atoms with E-state index >= 15 is 0 Å². The van der Waals surface area contributed by atoms with Gasteiger partial charge in [0.15, 0.2) is 0 Å². The van der Waals surface area contributed by atoms with Crippen LogP contribution in [-0.2, 0) is 24.3 Å². The van der Waals surface area contributed by atoms with Gasteiger partial charge < -0.3 is 15.0 Å². The van der Waals surface area contributed by atoms with Crippen molar-refractivity contribution in [3.63, 3.8) is 0 Å². The zero-order valence-electron chi connectivity index (χ0n) is 18.5. The Morgan fingerprint density at radius 2 is 1.66 bits per heavy atom. The summed E-state index contributed by atoms with van der Waals surface area (Å²) in [6, 6.07) is 25.0. The molecule has 0 radical (unpaired) electrons. The topological polar surface area (TPSA) is 58.6 Å². The second-order valence-electron chi connectivity index (χ2n) is 8.24. The molecule has 1 heterocycles. The van der Waals surface area contributed by atoms with E-state index in [-0.39, 0.29) is 11.8 Å². The average Bonchev–Trinajstić information content (AvgIpc) is 2.82. The fraction of sp³-hybridized carbons (Fsp3) is 0.259. The highest BCUT2D eigenvalue weighted by molar-refractivity contribution is 6.02. The Hall–Kier alpha value is -3.60. The Morgan fingerprint density at radius 3 is 2.38 bits per heavy atom. The van der Waals surface area contributed by atoms with E-state index < -0.39 is 5.54 Å². The second-order valence-corrected chi connectivity index (χ2v) is 8.24. The van der Waals surface area contributed by atoms with Gasteiger partial charge in [0.2, 0.25) is 5.91 Å². The zero-order chi connectivity index (χ0) is 22.6.